The number of likely N-dealkylation sites (N-methyl/N-ethyl adjacent to an activating group) is 1. The maximum absolute atomic E-state index is 8.40. The number of aliphatic hydroxyl groups is 1. The Hall–Kier alpha value is -0.200. The molecule has 0 aliphatic rings. The monoisotopic (exact) mass is 207 g/mol. The van der Waals surface area contributed by atoms with Crippen molar-refractivity contribution in [2.24, 2.45) is 0 Å². The van der Waals surface area contributed by atoms with E-state index in [4.69, 9.17) is 19.3 Å². The Morgan fingerprint density at radius 3 is 1.86 bits per heavy atom. The van der Waals surface area contributed by atoms with Gasteiger partial charge in [0, 0.05) is 6.54 Å². The summed E-state index contributed by atoms with van der Waals surface area (Å²) in [4.78, 5) is 0. The Kier molecular flexibility index (Phi) is 12.6. The molecule has 5 heteroatoms. The van der Waals surface area contributed by atoms with E-state index >= 15 is 0 Å². The molecule has 0 unspecified atom stereocenters. The highest BCUT2D eigenvalue weighted by molar-refractivity contribution is 4.36. The van der Waals surface area contributed by atoms with Crippen molar-refractivity contribution in [3.63, 3.8) is 0 Å². The number of hydrogen-bond acceptors (Lipinski definition) is 5. The average molecular weight is 207 g/mol. The molecule has 0 aromatic rings. The van der Waals surface area contributed by atoms with E-state index in [1.54, 1.807) is 0 Å². The molecular formula is C9H21NO4. The molecule has 0 rings (SSSR count). The van der Waals surface area contributed by atoms with Crippen LogP contribution in [0.5, 0.6) is 0 Å². The first-order valence-electron chi connectivity index (χ1n) is 4.90. The SMILES string of the molecule is CNCCOCCOCCOCCO. The number of nitrogens with one attached hydrogen (secondary N) is 1. The fourth-order valence-electron chi connectivity index (χ4n) is 0.781. The fourth-order valence-corrected chi connectivity index (χ4v) is 0.781. The van der Waals surface area contributed by atoms with E-state index in [0.29, 0.717) is 39.6 Å². The van der Waals surface area contributed by atoms with Crippen molar-refractivity contribution in [2.75, 3.05) is 59.8 Å². The lowest BCUT2D eigenvalue weighted by molar-refractivity contribution is 0.00835. The van der Waals surface area contributed by atoms with Gasteiger partial charge in [-0.05, 0) is 7.05 Å². The highest BCUT2D eigenvalue weighted by Crippen LogP contribution is 1.80. The van der Waals surface area contributed by atoms with E-state index in [9.17, 15) is 0 Å². The summed E-state index contributed by atoms with van der Waals surface area (Å²) in [5.41, 5.74) is 0. The van der Waals surface area contributed by atoms with Gasteiger partial charge in [-0.2, -0.15) is 0 Å². The standard InChI is InChI=1S/C9H21NO4/c1-10-2-4-12-6-8-14-9-7-13-5-3-11/h10-11H,2-9H2,1H3. The summed E-state index contributed by atoms with van der Waals surface area (Å²) in [6.07, 6.45) is 0. The number of aliphatic hydroxyl groups excluding tert-OH is 1. The van der Waals surface area contributed by atoms with Crippen molar-refractivity contribution < 1.29 is 19.3 Å². The molecule has 0 heterocycles. The summed E-state index contributed by atoms with van der Waals surface area (Å²) in [7, 11) is 1.89. The van der Waals surface area contributed by atoms with Gasteiger partial charge in [-0.25, -0.2) is 0 Å². The minimum Gasteiger partial charge on any atom is -0.394 e. The zero-order valence-electron chi connectivity index (χ0n) is 8.83. The highest BCUT2D eigenvalue weighted by Gasteiger charge is 1.90. The maximum atomic E-state index is 8.40. The van der Waals surface area contributed by atoms with Gasteiger partial charge < -0.3 is 24.6 Å². The quantitative estimate of drug-likeness (QED) is 0.436. The predicted octanol–water partition coefficient (Wildman–Crippen LogP) is -0.752. The predicted molar refractivity (Wildman–Crippen MR) is 53.5 cm³/mol. The topological polar surface area (TPSA) is 60.0 Å². The molecule has 86 valence electrons. The third-order valence-electron chi connectivity index (χ3n) is 1.48. The molecule has 0 amide bonds. The Morgan fingerprint density at radius 1 is 0.857 bits per heavy atom. The van der Waals surface area contributed by atoms with Gasteiger partial charge in [-0.15, -0.1) is 0 Å². The van der Waals surface area contributed by atoms with Gasteiger partial charge in [0.15, 0.2) is 0 Å². The number of rotatable bonds is 11. The third-order valence-corrected chi connectivity index (χ3v) is 1.48. The molecule has 0 atom stereocenters. The van der Waals surface area contributed by atoms with Crippen molar-refractivity contribution in [1.82, 2.24) is 5.32 Å². The van der Waals surface area contributed by atoms with Crippen LogP contribution in [0.1, 0.15) is 0 Å². The lowest BCUT2D eigenvalue weighted by Crippen LogP contribution is -2.16. The molecule has 14 heavy (non-hydrogen) atoms. The maximum Gasteiger partial charge on any atom is 0.0701 e. The summed E-state index contributed by atoms with van der Waals surface area (Å²) < 4.78 is 15.4. The minimum atomic E-state index is 0.0626. The molecule has 0 aromatic carbocycles. The minimum absolute atomic E-state index is 0.0626. The van der Waals surface area contributed by atoms with E-state index in [1.165, 1.54) is 0 Å². The summed E-state index contributed by atoms with van der Waals surface area (Å²) in [6, 6.07) is 0. The van der Waals surface area contributed by atoms with Gasteiger partial charge >= 0.3 is 0 Å². The van der Waals surface area contributed by atoms with Crippen LogP contribution >= 0.6 is 0 Å². The molecule has 0 spiro atoms. The Morgan fingerprint density at radius 2 is 1.36 bits per heavy atom. The third kappa shape index (κ3) is 11.8. The van der Waals surface area contributed by atoms with Gasteiger partial charge in [0.25, 0.3) is 0 Å². The normalized spacial score (nSPS) is 10.7. The molecule has 0 aromatic heterocycles. The average Bonchev–Trinajstić information content (AvgIpc) is 2.21. The first-order valence-corrected chi connectivity index (χ1v) is 4.90. The van der Waals surface area contributed by atoms with Crippen LogP contribution in [0.2, 0.25) is 0 Å². The van der Waals surface area contributed by atoms with E-state index in [0.717, 1.165) is 6.54 Å². The number of ether oxygens (including phenoxy) is 3. The lowest BCUT2D eigenvalue weighted by Gasteiger charge is -2.05. The zero-order chi connectivity index (χ0) is 10.5. The van der Waals surface area contributed by atoms with Crippen LogP contribution < -0.4 is 5.32 Å². The van der Waals surface area contributed by atoms with E-state index in [1.807, 2.05) is 7.05 Å². The van der Waals surface area contributed by atoms with Gasteiger partial charge in [-0.1, -0.05) is 0 Å². The summed E-state index contributed by atoms with van der Waals surface area (Å²) in [5.74, 6) is 0. The van der Waals surface area contributed by atoms with Crippen molar-refractivity contribution in [3.8, 4) is 0 Å². The molecule has 5 nitrogen and oxygen atoms in total. The summed E-state index contributed by atoms with van der Waals surface area (Å²) in [5, 5.41) is 11.4. The Bertz CT molecular complexity index is 90.8. The van der Waals surface area contributed by atoms with Gasteiger partial charge in [0.2, 0.25) is 0 Å². The van der Waals surface area contributed by atoms with Crippen LogP contribution in [0.3, 0.4) is 0 Å². The molecule has 0 saturated carbocycles. The fraction of sp³-hybridized carbons (Fsp3) is 1.00. The second-order valence-corrected chi connectivity index (χ2v) is 2.66. The van der Waals surface area contributed by atoms with Crippen molar-refractivity contribution in [2.45, 2.75) is 0 Å². The van der Waals surface area contributed by atoms with E-state index in [2.05, 4.69) is 5.32 Å². The second-order valence-electron chi connectivity index (χ2n) is 2.66. The molecule has 0 aliphatic heterocycles. The molecule has 0 radical (unpaired) electrons. The molecule has 2 N–H and O–H groups in total. The van der Waals surface area contributed by atoms with Crippen LogP contribution in [0.15, 0.2) is 0 Å². The van der Waals surface area contributed by atoms with Crippen molar-refractivity contribution in [1.29, 1.82) is 0 Å². The molecular weight excluding hydrogens is 186 g/mol. The van der Waals surface area contributed by atoms with E-state index < -0.39 is 0 Å². The van der Waals surface area contributed by atoms with Gasteiger partial charge in [0.1, 0.15) is 0 Å². The van der Waals surface area contributed by atoms with E-state index in [-0.39, 0.29) is 6.61 Å². The van der Waals surface area contributed by atoms with Crippen LogP contribution in [0.4, 0.5) is 0 Å². The van der Waals surface area contributed by atoms with Crippen molar-refractivity contribution in [3.05, 3.63) is 0 Å². The summed E-state index contributed by atoms with van der Waals surface area (Å²) in [6.45, 7) is 4.29. The van der Waals surface area contributed by atoms with Gasteiger partial charge in [-0.3, -0.25) is 0 Å². The Balaban J connectivity index is 2.78. The van der Waals surface area contributed by atoms with Crippen LogP contribution in [-0.4, -0.2) is 64.9 Å². The molecule has 0 fully saturated rings. The molecule has 0 aliphatic carbocycles. The second kappa shape index (κ2) is 12.8. The van der Waals surface area contributed by atoms with Crippen LogP contribution in [0, 0.1) is 0 Å². The van der Waals surface area contributed by atoms with Crippen molar-refractivity contribution >= 4 is 0 Å². The van der Waals surface area contributed by atoms with Gasteiger partial charge in [0.05, 0.1) is 46.2 Å². The molecule has 0 saturated heterocycles. The van der Waals surface area contributed by atoms with Crippen LogP contribution in [0.25, 0.3) is 0 Å². The zero-order valence-corrected chi connectivity index (χ0v) is 8.83. The first-order chi connectivity index (χ1) is 6.91. The van der Waals surface area contributed by atoms with Crippen LogP contribution in [-0.2, 0) is 14.2 Å². The highest BCUT2D eigenvalue weighted by atomic mass is 16.5. The first kappa shape index (κ1) is 13.8. The Labute approximate surface area is 85.3 Å². The summed E-state index contributed by atoms with van der Waals surface area (Å²) >= 11 is 0. The smallest absolute Gasteiger partial charge is 0.0701 e. The largest absolute Gasteiger partial charge is 0.394 e. The molecule has 0 bridgehead atoms. The lowest BCUT2D eigenvalue weighted by atomic mass is 10.6. The number of hydrogen-bond donors (Lipinski definition) is 2.